The average molecular weight is 628 g/mol. The molecule has 5 heterocycles. The summed E-state index contributed by atoms with van der Waals surface area (Å²) >= 11 is 0. The van der Waals surface area contributed by atoms with Crippen LogP contribution in [0.25, 0.3) is 11.0 Å². The second-order valence-corrected chi connectivity index (χ2v) is 11.1. The fourth-order valence-electron chi connectivity index (χ4n) is 5.45. The number of hydrogen-bond acceptors (Lipinski definition) is 14. The molecule has 0 saturated carbocycles. The van der Waals surface area contributed by atoms with Crippen LogP contribution >= 0.6 is 0 Å². The van der Waals surface area contributed by atoms with Crippen molar-refractivity contribution in [2.75, 3.05) is 134 Å². The van der Waals surface area contributed by atoms with Gasteiger partial charge in [0.15, 0.2) is 11.6 Å². The van der Waals surface area contributed by atoms with Crippen molar-refractivity contribution in [3.05, 3.63) is 17.5 Å². The maximum Gasteiger partial charge on any atom is 0.241 e. The first kappa shape index (κ1) is 32.5. The molecular formula is C29H45N11O5. The van der Waals surface area contributed by atoms with E-state index in [-0.39, 0.29) is 12.5 Å². The van der Waals surface area contributed by atoms with Crippen LogP contribution in [0.5, 0.6) is 0 Å². The minimum absolute atomic E-state index is 0.0179. The van der Waals surface area contributed by atoms with Crippen LogP contribution in [0.2, 0.25) is 0 Å². The molecule has 45 heavy (non-hydrogen) atoms. The number of rotatable bonds is 16. The lowest BCUT2D eigenvalue weighted by Gasteiger charge is -2.34. The average Bonchev–Trinajstić information content (AvgIpc) is 3.53. The molecule has 0 aliphatic carbocycles. The molecule has 2 aliphatic rings. The summed E-state index contributed by atoms with van der Waals surface area (Å²) in [5, 5.41) is 7.42. The highest BCUT2D eigenvalue weighted by atomic mass is 16.5. The fraction of sp³-hybridized carbons (Fsp3) is 0.655. The Labute approximate surface area is 263 Å². The zero-order chi connectivity index (χ0) is 31.8. The zero-order valence-corrected chi connectivity index (χ0v) is 27.0. The molecule has 3 aromatic rings. The quantitative estimate of drug-likeness (QED) is 0.230. The molecule has 2 aliphatic heterocycles. The number of aromatic amines is 1. The van der Waals surface area contributed by atoms with E-state index in [9.17, 15) is 4.79 Å². The highest BCUT2D eigenvalue weighted by Crippen LogP contribution is 2.35. The molecule has 0 aromatic carbocycles. The number of hydrogen-bond donors (Lipinski definition) is 1. The van der Waals surface area contributed by atoms with Gasteiger partial charge in [0.05, 0.1) is 51.4 Å². The zero-order valence-electron chi connectivity index (χ0n) is 27.0. The highest BCUT2D eigenvalue weighted by Gasteiger charge is 2.30. The second kappa shape index (κ2) is 15.4. The number of piperazine rings is 1. The number of amides is 1. The van der Waals surface area contributed by atoms with Gasteiger partial charge >= 0.3 is 0 Å². The number of likely N-dealkylation sites (N-methyl/N-ethyl adjacent to an activating group) is 1. The van der Waals surface area contributed by atoms with Crippen LogP contribution in [0.1, 0.15) is 11.3 Å². The van der Waals surface area contributed by atoms with Crippen molar-refractivity contribution >= 4 is 40.5 Å². The Hall–Kier alpha value is -3.86. The molecule has 3 aromatic heterocycles. The van der Waals surface area contributed by atoms with E-state index in [4.69, 9.17) is 38.9 Å². The first-order valence-electron chi connectivity index (χ1n) is 15.3. The van der Waals surface area contributed by atoms with Gasteiger partial charge in [0, 0.05) is 81.3 Å². The Kier molecular flexibility index (Phi) is 11.2. The smallest absolute Gasteiger partial charge is 0.241 e. The minimum Gasteiger partial charge on any atom is -0.383 e. The lowest BCUT2D eigenvalue weighted by atomic mass is 10.1. The third-order valence-electron chi connectivity index (χ3n) is 8.17. The van der Waals surface area contributed by atoms with Gasteiger partial charge < -0.3 is 43.4 Å². The molecule has 0 spiro atoms. The van der Waals surface area contributed by atoms with Gasteiger partial charge in [-0.1, -0.05) is 0 Å². The van der Waals surface area contributed by atoms with Crippen molar-refractivity contribution < 1.29 is 23.7 Å². The van der Waals surface area contributed by atoms with Crippen molar-refractivity contribution in [1.82, 2.24) is 35.0 Å². The first-order chi connectivity index (χ1) is 22.0. The molecule has 16 nitrogen and oxygen atoms in total. The number of methoxy groups -OCH3 is 4. The van der Waals surface area contributed by atoms with Gasteiger partial charge in [-0.3, -0.25) is 9.89 Å². The molecule has 0 bridgehead atoms. The fourth-order valence-corrected chi connectivity index (χ4v) is 5.45. The van der Waals surface area contributed by atoms with Gasteiger partial charge in [-0.25, -0.2) is 9.97 Å². The van der Waals surface area contributed by atoms with Gasteiger partial charge in [-0.2, -0.15) is 15.1 Å². The van der Waals surface area contributed by atoms with Crippen LogP contribution < -0.4 is 19.6 Å². The van der Waals surface area contributed by atoms with Crippen LogP contribution in [-0.4, -0.2) is 155 Å². The Bertz CT molecular complexity index is 1410. The molecule has 0 unspecified atom stereocenters. The predicted octanol–water partition coefficient (Wildman–Crippen LogP) is 0.182. The number of H-pyrrole nitrogens is 1. The SMILES string of the molecule is COCCN(CCOC)c1nc(N2CCc3cn[nH]c3C2)c2nc(N(CCOC)CCOC)nc(N3CCN(C)C(=O)C3)c2n1. The topological polar surface area (TPSA) is 150 Å². The maximum atomic E-state index is 12.9. The molecule has 1 saturated heterocycles. The molecular weight excluding hydrogens is 582 g/mol. The standard InChI is InChI=1S/C29H45N11O5/c1-36-8-9-40(20-23(36)41)27-25-24(31-29(34-27)38(12-16-44-4)13-17-45-5)26(39-7-6-21-18-30-35-22(21)19-39)33-28(32-25)37(10-14-42-2)11-15-43-3/h18H,6-17,19-20H2,1-5H3,(H,30,35). The summed E-state index contributed by atoms with van der Waals surface area (Å²) in [6, 6.07) is 0. The molecule has 1 amide bonds. The summed E-state index contributed by atoms with van der Waals surface area (Å²) in [7, 11) is 8.51. The van der Waals surface area contributed by atoms with Crippen molar-refractivity contribution in [1.29, 1.82) is 0 Å². The number of aromatic nitrogens is 6. The molecule has 16 heteroatoms. The monoisotopic (exact) mass is 627 g/mol. The Morgan fingerprint density at radius 2 is 1.24 bits per heavy atom. The van der Waals surface area contributed by atoms with E-state index in [0.717, 1.165) is 18.7 Å². The number of nitrogens with one attached hydrogen (secondary N) is 1. The lowest BCUT2D eigenvalue weighted by molar-refractivity contribution is -0.129. The van der Waals surface area contributed by atoms with Crippen molar-refractivity contribution in [3.8, 4) is 0 Å². The van der Waals surface area contributed by atoms with Gasteiger partial charge in [-0.05, 0) is 12.0 Å². The van der Waals surface area contributed by atoms with E-state index in [1.807, 2.05) is 23.0 Å². The van der Waals surface area contributed by atoms with Crippen molar-refractivity contribution in [2.45, 2.75) is 13.0 Å². The third kappa shape index (κ3) is 7.52. The van der Waals surface area contributed by atoms with Crippen LogP contribution in [0.3, 0.4) is 0 Å². The van der Waals surface area contributed by atoms with Crippen LogP contribution in [0, 0.1) is 0 Å². The first-order valence-corrected chi connectivity index (χ1v) is 15.3. The van der Waals surface area contributed by atoms with Crippen molar-refractivity contribution in [3.63, 3.8) is 0 Å². The normalized spacial score (nSPS) is 15.2. The second-order valence-electron chi connectivity index (χ2n) is 11.1. The largest absolute Gasteiger partial charge is 0.383 e. The molecule has 0 atom stereocenters. The summed E-state index contributed by atoms with van der Waals surface area (Å²) in [4.78, 5) is 43.5. The van der Waals surface area contributed by atoms with E-state index in [0.29, 0.717) is 107 Å². The Morgan fingerprint density at radius 1 is 0.733 bits per heavy atom. The van der Waals surface area contributed by atoms with E-state index < -0.39 is 0 Å². The third-order valence-corrected chi connectivity index (χ3v) is 8.17. The molecule has 1 N–H and O–H groups in total. The molecule has 0 radical (unpaired) electrons. The number of nitrogens with zero attached hydrogens (tertiary/aromatic N) is 10. The van der Waals surface area contributed by atoms with Crippen LogP contribution in [-0.2, 0) is 36.7 Å². The van der Waals surface area contributed by atoms with E-state index >= 15 is 0 Å². The van der Waals surface area contributed by atoms with Gasteiger partial charge in [-0.15, -0.1) is 0 Å². The van der Waals surface area contributed by atoms with Gasteiger partial charge in [0.1, 0.15) is 11.0 Å². The molecule has 246 valence electrons. The van der Waals surface area contributed by atoms with Crippen LogP contribution in [0.15, 0.2) is 6.20 Å². The number of carbonyl (C=O) groups is 1. The summed E-state index contributed by atoms with van der Waals surface area (Å²) in [6.07, 6.45) is 2.70. The summed E-state index contributed by atoms with van der Waals surface area (Å²) in [5.41, 5.74) is 3.45. The summed E-state index contributed by atoms with van der Waals surface area (Å²) < 4.78 is 21.7. The summed E-state index contributed by atoms with van der Waals surface area (Å²) in [6.45, 7) is 6.89. The Balaban J connectivity index is 1.71. The summed E-state index contributed by atoms with van der Waals surface area (Å²) in [5.74, 6) is 2.34. The van der Waals surface area contributed by atoms with E-state index in [1.54, 1.807) is 33.3 Å². The number of ether oxygens (including phenoxy) is 4. The molecule has 1 fully saturated rings. The Morgan fingerprint density at radius 3 is 1.73 bits per heavy atom. The minimum atomic E-state index is 0.0179. The highest BCUT2D eigenvalue weighted by molar-refractivity contribution is 5.96. The van der Waals surface area contributed by atoms with E-state index in [2.05, 4.69) is 20.0 Å². The van der Waals surface area contributed by atoms with Crippen molar-refractivity contribution in [2.24, 2.45) is 0 Å². The maximum absolute atomic E-state index is 12.9. The number of fused-ring (bicyclic) bond motifs is 2. The van der Waals surface area contributed by atoms with Gasteiger partial charge in [0.2, 0.25) is 17.8 Å². The predicted molar refractivity (Wildman–Crippen MR) is 170 cm³/mol. The lowest BCUT2D eigenvalue weighted by Crippen LogP contribution is -2.49. The van der Waals surface area contributed by atoms with Crippen LogP contribution in [0.4, 0.5) is 23.5 Å². The number of anilines is 4. The van der Waals surface area contributed by atoms with Gasteiger partial charge in [0.25, 0.3) is 0 Å². The number of carbonyl (C=O) groups excluding carboxylic acids is 1. The molecule has 5 rings (SSSR count). The van der Waals surface area contributed by atoms with E-state index in [1.165, 1.54) is 5.56 Å².